The standard InChI is InChI=1S/C16H16N2O5/c1-21-14-10-3-6-23-15(10)16(22-2)13(20)11(14)12(19)9-7-17-4-5-18-8-9/h3,6-8,17,20H,4-5H2,1-2H3. The summed E-state index contributed by atoms with van der Waals surface area (Å²) in [6.45, 7) is 1.21. The SMILES string of the molecule is COc1c(C(=O)C2=CNCCN=C2)c(O)c(OC)c2occc12. The van der Waals surface area contributed by atoms with Crippen LogP contribution in [0.25, 0.3) is 11.0 Å². The number of allylic oxidation sites excluding steroid dienone is 1. The summed E-state index contributed by atoms with van der Waals surface area (Å²) in [5.74, 6) is -0.418. The van der Waals surface area contributed by atoms with E-state index in [-0.39, 0.29) is 22.8 Å². The van der Waals surface area contributed by atoms with Gasteiger partial charge in [-0.05, 0) is 6.07 Å². The van der Waals surface area contributed by atoms with Crippen molar-refractivity contribution in [2.45, 2.75) is 0 Å². The van der Waals surface area contributed by atoms with Gasteiger partial charge in [0, 0.05) is 19.0 Å². The molecular formula is C16H16N2O5. The fraction of sp³-hybridized carbons (Fsp3) is 0.250. The Labute approximate surface area is 132 Å². The van der Waals surface area contributed by atoms with Gasteiger partial charge in [0.1, 0.15) is 11.3 Å². The van der Waals surface area contributed by atoms with Gasteiger partial charge in [-0.3, -0.25) is 9.79 Å². The molecule has 1 aromatic carbocycles. The molecule has 7 nitrogen and oxygen atoms in total. The van der Waals surface area contributed by atoms with Crippen molar-refractivity contribution in [1.82, 2.24) is 5.32 Å². The van der Waals surface area contributed by atoms with Crippen molar-refractivity contribution in [2.75, 3.05) is 27.3 Å². The second kappa shape index (κ2) is 6.04. The number of hydrogen-bond acceptors (Lipinski definition) is 7. The number of fused-ring (bicyclic) bond motifs is 1. The summed E-state index contributed by atoms with van der Waals surface area (Å²) in [6, 6.07) is 1.65. The van der Waals surface area contributed by atoms with Crippen LogP contribution in [0, 0.1) is 0 Å². The van der Waals surface area contributed by atoms with E-state index in [4.69, 9.17) is 13.9 Å². The first-order valence-corrected chi connectivity index (χ1v) is 7.01. The van der Waals surface area contributed by atoms with Gasteiger partial charge >= 0.3 is 0 Å². The first-order valence-electron chi connectivity index (χ1n) is 7.01. The molecule has 0 unspecified atom stereocenters. The predicted octanol–water partition coefficient (Wildman–Crippen LogP) is 1.90. The fourth-order valence-corrected chi connectivity index (χ4v) is 2.52. The van der Waals surface area contributed by atoms with Crippen molar-refractivity contribution in [3.63, 3.8) is 0 Å². The average Bonchev–Trinajstić information content (AvgIpc) is 2.87. The molecule has 0 fully saturated rings. The highest BCUT2D eigenvalue weighted by Gasteiger charge is 2.28. The highest BCUT2D eigenvalue weighted by atomic mass is 16.5. The molecule has 0 atom stereocenters. The van der Waals surface area contributed by atoms with Crippen LogP contribution in [-0.4, -0.2) is 44.4 Å². The molecule has 1 aliphatic heterocycles. The number of hydrogen-bond donors (Lipinski definition) is 2. The zero-order valence-electron chi connectivity index (χ0n) is 12.8. The Morgan fingerprint density at radius 3 is 2.87 bits per heavy atom. The number of nitrogens with one attached hydrogen (secondary N) is 1. The Bertz CT molecular complexity index is 819. The van der Waals surface area contributed by atoms with E-state index in [0.717, 1.165) is 0 Å². The van der Waals surface area contributed by atoms with Crippen LogP contribution in [-0.2, 0) is 0 Å². The Kier molecular flexibility index (Phi) is 3.92. The van der Waals surface area contributed by atoms with Crippen LogP contribution >= 0.6 is 0 Å². The third-order valence-corrected chi connectivity index (χ3v) is 3.57. The number of carbonyl (C=O) groups excluding carboxylic acids is 1. The third kappa shape index (κ3) is 2.40. The molecule has 3 rings (SSSR count). The molecule has 2 heterocycles. The summed E-state index contributed by atoms with van der Waals surface area (Å²) in [7, 11) is 2.82. The molecule has 0 saturated heterocycles. The molecule has 1 aromatic heterocycles. The van der Waals surface area contributed by atoms with E-state index in [2.05, 4.69) is 10.3 Å². The van der Waals surface area contributed by atoms with E-state index in [1.165, 1.54) is 26.7 Å². The van der Waals surface area contributed by atoms with Crippen molar-refractivity contribution >= 4 is 23.0 Å². The number of benzene rings is 1. The molecule has 0 spiro atoms. The smallest absolute Gasteiger partial charge is 0.205 e. The topological polar surface area (TPSA) is 93.3 Å². The fourth-order valence-electron chi connectivity index (χ4n) is 2.52. The summed E-state index contributed by atoms with van der Waals surface area (Å²) in [4.78, 5) is 17.0. The Morgan fingerprint density at radius 2 is 2.13 bits per heavy atom. The lowest BCUT2D eigenvalue weighted by Gasteiger charge is -2.14. The molecule has 1 aliphatic rings. The molecule has 120 valence electrons. The van der Waals surface area contributed by atoms with Gasteiger partial charge in [-0.25, -0.2) is 0 Å². The highest BCUT2D eigenvalue weighted by Crippen LogP contribution is 2.46. The van der Waals surface area contributed by atoms with E-state index in [1.807, 2.05) is 0 Å². The molecule has 0 radical (unpaired) electrons. The molecule has 7 heteroatoms. The van der Waals surface area contributed by atoms with E-state index in [1.54, 1.807) is 12.3 Å². The summed E-state index contributed by atoms with van der Waals surface area (Å²) >= 11 is 0. The molecule has 23 heavy (non-hydrogen) atoms. The number of ether oxygens (including phenoxy) is 2. The van der Waals surface area contributed by atoms with Crippen molar-refractivity contribution in [3.05, 3.63) is 29.7 Å². The number of ketones is 1. The van der Waals surface area contributed by atoms with Gasteiger partial charge < -0.3 is 24.3 Å². The Morgan fingerprint density at radius 1 is 1.35 bits per heavy atom. The first kappa shape index (κ1) is 15.0. The Hall–Kier alpha value is -2.96. The molecule has 0 amide bonds. The van der Waals surface area contributed by atoms with Gasteiger partial charge in [0.05, 0.1) is 38.0 Å². The maximum Gasteiger partial charge on any atom is 0.205 e. The summed E-state index contributed by atoms with van der Waals surface area (Å²) in [5.41, 5.74) is 0.653. The lowest BCUT2D eigenvalue weighted by molar-refractivity contribution is 0.103. The lowest BCUT2D eigenvalue weighted by Crippen LogP contribution is -2.12. The van der Waals surface area contributed by atoms with Crippen molar-refractivity contribution in [1.29, 1.82) is 0 Å². The predicted molar refractivity (Wildman–Crippen MR) is 84.8 cm³/mol. The third-order valence-electron chi connectivity index (χ3n) is 3.57. The zero-order chi connectivity index (χ0) is 16.4. The van der Waals surface area contributed by atoms with Gasteiger partial charge in [-0.1, -0.05) is 0 Å². The summed E-state index contributed by atoms with van der Waals surface area (Å²) < 4.78 is 15.9. The maximum absolute atomic E-state index is 12.9. The van der Waals surface area contributed by atoms with Crippen LogP contribution in [0.15, 0.2) is 33.5 Å². The second-order valence-corrected chi connectivity index (χ2v) is 4.87. The number of aliphatic imine (C=N–C) groups is 1. The minimum atomic E-state index is -0.418. The van der Waals surface area contributed by atoms with Crippen LogP contribution in [0.5, 0.6) is 17.2 Å². The van der Waals surface area contributed by atoms with Crippen LogP contribution in [0.4, 0.5) is 0 Å². The van der Waals surface area contributed by atoms with Crippen molar-refractivity contribution in [3.8, 4) is 17.2 Å². The molecule has 0 saturated carbocycles. The van der Waals surface area contributed by atoms with Gasteiger partial charge in [-0.15, -0.1) is 0 Å². The van der Waals surface area contributed by atoms with Crippen LogP contribution < -0.4 is 14.8 Å². The zero-order valence-corrected chi connectivity index (χ0v) is 12.8. The van der Waals surface area contributed by atoms with E-state index >= 15 is 0 Å². The largest absolute Gasteiger partial charge is 0.504 e. The van der Waals surface area contributed by atoms with Gasteiger partial charge in [0.2, 0.25) is 11.5 Å². The average molecular weight is 316 g/mol. The summed E-state index contributed by atoms with van der Waals surface area (Å²) in [5, 5.41) is 14.0. The number of furan rings is 1. The lowest BCUT2D eigenvalue weighted by atomic mass is 9.99. The number of phenols is 1. The number of aromatic hydroxyl groups is 1. The number of Topliss-reactive ketones (excluding diaryl/α,β-unsaturated/α-hetero) is 1. The van der Waals surface area contributed by atoms with Crippen LogP contribution in [0.1, 0.15) is 10.4 Å². The minimum Gasteiger partial charge on any atom is -0.504 e. The van der Waals surface area contributed by atoms with Crippen molar-refractivity contribution in [2.24, 2.45) is 4.99 Å². The normalized spacial score (nSPS) is 14.1. The van der Waals surface area contributed by atoms with Gasteiger partial charge in [0.15, 0.2) is 11.3 Å². The first-order chi connectivity index (χ1) is 11.2. The molecular weight excluding hydrogens is 300 g/mol. The van der Waals surface area contributed by atoms with Gasteiger partial charge in [-0.2, -0.15) is 0 Å². The number of nitrogens with zero attached hydrogens (tertiary/aromatic N) is 1. The monoisotopic (exact) mass is 316 g/mol. The Balaban J connectivity index is 2.25. The van der Waals surface area contributed by atoms with Crippen LogP contribution in [0.2, 0.25) is 0 Å². The van der Waals surface area contributed by atoms with Gasteiger partial charge in [0.25, 0.3) is 0 Å². The molecule has 2 N–H and O–H groups in total. The quantitative estimate of drug-likeness (QED) is 0.837. The van der Waals surface area contributed by atoms with Crippen LogP contribution in [0.3, 0.4) is 0 Å². The minimum absolute atomic E-state index is 0.0136. The highest BCUT2D eigenvalue weighted by molar-refractivity contribution is 6.25. The molecule has 0 bridgehead atoms. The molecule has 0 aliphatic carbocycles. The van der Waals surface area contributed by atoms with E-state index < -0.39 is 5.78 Å². The number of rotatable bonds is 4. The maximum atomic E-state index is 12.9. The molecule has 2 aromatic rings. The number of phenolic OH excluding ortho intramolecular Hbond substituents is 1. The van der Waals surface area contributed by atoms with Crippen molar-refractivity contribution < 1.29 is 23.8 Å². The number of methoxy groups -OCH3 is 2. The van der Waals surface area contributed by atoms with E-state index in [0.29, 0.717) is 29.6 Å². The van der Waals surface area contributed by atoms with E-state index in [9.17, 15) is 9.90 Å². The second-order valence-electron chi connectivity index (χ2n) is 4.87. The summed E-state index contributed by atoms with van der Waals surface area (Å²) in [6.07, 6.45) is 4.49. The number of carbonyl (C=O) groups is 1.